The first kappa shape index (κ1) is 31.9. The lowest BCUT2D eigenvalue weighted by atomic mass is 9.86. The Balaban J connectivity index is 3.07. The Morgan fingerprint density at radius 2 is 1.97 bits per heavy atom. The molecule has 0 spiro atoms. The maximum absolute atomic E-state index is 11.4. The second-order valence-corrected chi connectivity index (χ2v) is 17.4. The van der Waals surface area contributed by atoms with Crippen molar-refractivity contribution in [3.63, 3.8) is 0 Å². The molecule has 1 rings (SSSR count). The minimum atomic E-state index is -1.91. The van der Waals surface area contributed by atoms with E-state index in [1.807, 2.05) is 6.92 Å². The molecule has 0 aromatic heterocycles. The second kappa shape index (κ2) is 14.6. The van der Waals surface area contributed by atoms with Crippen LogP contribution in [0.5, 0.6) is 0 Å². The third kappa shape index (κ3) is 10.4. The molecule has 1 aliphatic carbocycles. The Morgan fingerprint density at radius 3 is 2.54 bits per heavy atom. The molecule has 1 unspecified atom stereocenters. The number of methoxy groups -OCH3 is 1. The minimum absolute atomic E-state index is 0.150. The quantitative estimate of drug-likeness (QED) is 0.0780. The summed E-state index contributed by atoms with van der Waals surface area (Å²) in [6.45, 7) is 22.6. The third-order valence-electron chi connectivity index (χ3n) is 7.86. The van der Waals surface area contributed by atoms with Crippen molar-refractivity contribution in [3.8, 4) is 11.8 Å². The van der Waals surface area contributed by atoms with Gasteiger partial charge in [-0.2, -0.15) is 0 Å². The first-order valence-electron chi connectivity index (χ1n) is 13.1. The maximum Gasteiger partial charge on any atom is 0.305 e. The van der Waals surface area contributed by atoms with Crippen LogP contribution in [0.25, 0.3) is 0 Å². The number of ether oxygens (including phenoxy) is 1. The highest BCUT2D eigenvalue weighted by molar-refractivity contribution is 9.11. The van der Waals surface area contributed by atoms with Gasteiger partial charge in [0.05, 0.1) is 13.2 Å². The molecule has 0 amide bonds. The van der Waals surface area contributed by atoms with Crippen molar-refractivity contribution in [2.24, 2.45) is 23.7 Å². The fourth-order valence-corrected chi connectivity index (χ4v) is 6.06. The van der Waals surface area contributed by atoms with Crippen molar-refractivity contribution in [1.29, 1.82) is 0 Å². The van der Waals surface area contributed by atoms with Gasteiger partial charge in [-0.05, 0) is 73.0 Å². The van der Waals surface area contributed by atoms with Crippen LogP contribution in [-0.2, 0) is 14.0 Å². The monoisotopic (exact) mass is 564 g/mol. The van der Waals surface area contributed by atoms with Gasteiger partial charge in [0, 0.05) is 18.8 Å². The van der Waals surface area contributed by atoms with E-state index in [0.29, 0.717) is 30.1 Å². The number of unbranched alkanes of at least 4 members (excludes halogenated alkanes) is 1. The van der Waals surface area contributed by atoms with Gasteiger partial charge in [-0.15, -0.1) is 11.8 Å². The van der Waals surface area contributed by atoms with E-state index in [0.717, 1.165) is 32.1 Å². The van der Waals surface area contributed by atoms with Crippen molar-refractivity contribution in [2.45, 2.75) is 104 Å². The molecular weight excluding hydrogens is 516 g/mol. The SMILES string of the molecule is C=C1CC(O[Si](C)(C)C(C)(C)C)[C@H](/C=C/[C@@H](C)[C@@H](C)CC#CC)[C@H]1C/C(Br)=C/CCCC(=O)OC. The Labute approximate surface area is 225 Å². The molecule has 0 radical (unpaired) electrons. The van der Waals surface area contributed by atoms with Crippen molar-refractivity contribution >= 4 is 30.2 Å². The Bertz CT molecular complexity index is 825. The lowest BCUT2D eigenvalue weighted by Crippen LogP contribution is -2.45. The molecule has 0 N–H and O–H groups in total. The number of carbonyl (C=O) groups is 1. The van der Waals surface area contributed by atoms with Crippen LogP contribution in [0, 0.1) is 35.5 Å². The van der Waals surface area contributed by atoms with Crippen LogP contribution in [0.15, 0.2) is 34.9 Å². The van der Waals surface area contributed by atoms with Crippen LogP contribution in [0.3, 0.4) is 0 Å². The van der Waals surface area contributed by atoms with Crippen LogP contribution >= 0.6 is 15.9 Å². The summed E-state index contributed by atoms with van der Waals surface area (Å²) in [5.74, 6) is 7.72. The number of esters is 1. The standard InChI is InChI=1S/C30H49BrO3Si/c1-11-12-15-22(2)23(3)18-19-26-27(21-25(31)16-13-14-17-29(32)33-8)24(4)20-28(26)34-35(9,10)30(5,6)7/h16,18-19,22-23,26-28H,4,13-15,17,20-21H2,1-3,5-10H3/b19-18+,25-16-/t22-,23+,26+,27-,28?/m0/s1. The molecule has 1 saturated carbocycles. The van der Waals surface area contributed by atoms with Crippen molar-refractivity contribution in [1.82, 2.24) is 0 Å². The number of allylic oxidation sites excluding steroid dienone is 3. The smallest absolute Gasteiger partial charge is 0.305 e. The third-order valence-corrected chi connectivity index (χ3v) is 13.0. The summed E-state index contributed by atoms with van der Waals surface area (Å²) in [5, 5.41) is 0.168. The Hall–Kier alpha value is -1.09. The fraction of sp³-hybridized carbons (Fsp3) is 0.700. The molecule has 0 bridgehead atoms. The molecule has 0 heterocycles. The highest BCUT2D eigenvalue weighted by Crippen LogP contribution is 2.47. The molecule has 35 heavy (non-hydrogen) atoms. The van der Waals surface area contributed by atoms with E-state index < -0.39 is 8.32 Å². The molecule has 198 valence electrons. The van der Waals surface area contributed by atoms with Crippen LogP contribution in [-0.4, -0.2) is 27.5 Å². The number of hydrogen-bond acceptors (Lipinski definition) is 3. The zero-order chi connectivity index (χ0) is 26.8. The van der Waals surface area contributed by atoms with Gasteiger partial charge in [0.1, 0.15) is 0 Å². The first-order valence-corrected chi connectivity index (χ1v) is 16.8. The largest absolute Gasteiger partial charge is 0.469 e. The summed E-state index contributed by atoms with van der Waals surface area (Å²) in [6.07, 6.45) is 12.0. The zero-order valence-electron chi connectivity index (χ0n) is 23.7. The lowest BCUT2D eigenvalue weighted by molar-refractivity contribution is -0.140. The predicted molar refractivity (Wildman–Crippen MR) is 156 cm³/mol. The van der Waals surface area contributed by atoms with E-state index in [-0.39, 0.29) is 17.1 Å². The van der Waals surface area contributed by atoms with E-state index in [1.165, 1.54) is 17.2 Å². The molecule has 0 aromatic rings. The molecule has 0 aliphatic heterocycles. The van der Waals surface area contributed by atoms with Gasteiger partial charge in [-0.25, -0.2) is 0 Å². The predicted octanol–water partition coefficient (Wildman–Crippen LogP) is 8.82. The number of hydrogen-bond donors (Lipinski definition) is 0. The summed E-state index contributed by atoms with van der Waals surface area (Å²) < 4.78 is 12.9. The van der Waals surface area contributed by atoms with Crippen LogP contribution in [0.4, 0.5) is 0 Å². The summed E-state index contributed by atoms with van der Waals surface area (Å²) in [6, 6.07) is 0. The summed E-state index contributed by atoms with van der Waals surface area (Å²) in [7, 11) is -0.471. The van der Waals surface area contributed by atoms with Crippen LogP contribution < -0.4 is 0 Å². The van der Waals surface area contributed by atoms with Crippen molar-refractivity contribution < 1.29 is 14.0 Å². The zero-order valence-corrected chi connectivity index (χ0v) is 26.3. The van der Waals surface area contributed by atoms with Gasteiger partial charge < -0.3 is 9.16 Å². The molecule has 0 aromatic carbocycles. The van der Waals surface area contributed by atoms with E-state index in [9.17, 15) is 4.79 Å². The van der Waals surface area contributed by atoms with E-state index >= 15 is 0 Å². The average molecular weight is 566 g/mol. The molecule has 1 aliphatic rings. The van der Waals surface area contributed by atoms with Gasteiger partial charge in [0.25, 0.3) is 0 Å². The lowest BCUT2D eigenvalue weighted by Gasteiger charge is -2.40. The average Bonchev–Trinajstić information content (AvgIpc) is 3.05. The van der Waals surface area contributed by atoms with Crippen LogP contribution in [0.1, 0.15) is 80.1 Å². The molecular formula is C30H49BrO3Si. The van der Waals surface area contributed by atoms with Crippen molar-refractivity contribution in [3.05, 3.63) is 34.9 Å². The number of rotatable bonds is 12. The van der Waals surface area contributed by atoms with Gasteiger partial charge in [0.15, 0.2) is 8.32 Å². The first-order chi connectivity index (χ1) is 16.2. The number of carbonyl (C=O) groups excluding carboxylic acids is 1. The molecule has 1 fully saturated rings. The minimum Gasteiger partial charge on any atom is -0.469 e. The summed E-state index contributed by atoms with van der Waals surface area (Å²) in [4.78, 5) is 11.4. The topological polar surface area (TPSA) is 35.5 Å². The molecule has 3 nitrogen and oxygen atoms in total. The van der Waals surface area contributed by atoms with Gasteiger partial charge in [0.2, 0.25) is 0 Å². The molecule has 5 atom stereocenters. The molecule has 0 saturated heterocycles. The highest BCUT2D eigenvalue weighted by Gasteiger charge is 2.45. The van der Waals surface area contributed by atoms with E-state index in [4.69, 9.17) is 9.16 Å². The summed E-state index contributed by atoms with van der Waals surface area (Å²) >= 11 is 3.80. The van der Waals surface area contributed by atoms with Crippen molar-refractivity contribution in [2.75, 3.05) is 7.11 Å². The van der Waals surface area contributed by atoms with Gasteiger partial charge >= 0.3 is 5.97 Å². The van der Waals surface area contributed by atoms with Gasteiger partial charge in [-0.3, -0.25) is 4.79 Å². The number of halogens is 1. The maximum atomic E-state index is 11.4. The Morgan fingerprint density at radius 1 is 1.31 bits per heavy atom. The van der Waals surface area contributed by atoms with Gasteiger partial charge in [-0.1, -0.05) is 80.9 Å². The van der Waals surface area contributed by atoms with E-state index in [2.05, 4.69) is 100 Å². The fourth-order valence-electron chi connectivity index (χ4n) is 4.13. The highest BCUT2D eigenvalue weighted by atomic mass is 79.9. The second-order valence-electron chi connectivity index (χ2n) is 11.6. The molecule has 5 heteroatoms. The normalized spacial score (nSPS) is 23.2. The Kier molecular flexibility index (Phi) is 13.3. The summed E-state index contributed by atoms with van der Waals surface area (Å²) in [5.41, 5.74) is 1.28. The van der Waals surface area contributed by atoms with E-state index in [1.54, 1.807) is 0 Å². The van der Waals surface area contributed by atoms with Crippen LogP contribution in [0.2, 0.25) is 18.1 Å².